The first kappa shape index (κ1) is 14.3. The molecule has 7 nitrogen and oxygen atoms in total. The number of aryl methyl sites for hydroxylation is 1. The molecule has 0 saturated carbocycles. The predicted octanol–water partition coefficient (Wildman–Crippen LogP) is 0.0207. The average molecular weight is 288 g/mol. The molecule has 0 aliphatic carbocycles. The molecule has 0 atom stereocenters. The van der Waals surface area contributed by atoms with Gasteiger partial charge in [0.25, 0.3) is 0 Å². The number of rotatable bonds is 5. The number of anilines is 1. The smallest absolute Gasteiger partial charge is 0.248 e. The monoisotopic (exact) mass is 288 g/mol. The third kappa shape index (κ3) is 2.47. The van der Waals surface area contributed by atoms with Crippen molar-refractivity contribution in [3.05, 3.63) is 6.20 Å². The van der Waals surface area contributed by atoms with Gasteiger partial charge in [0.1, 0.15) is 4.90 Å². The van der Waals surface area contributed by atoms with Crippen LogP contribution in [-0.4, -0.2) is 46.3 Å². The summed E-state index contributed by atoms with van der Waals surface area (Å²) in [7, 11) is -3.65. The van der Waals surface area contributed by atoms with E-state index < -0.39 is 15.6 Å². The highest BCUT2D eigenvalue weighted by Crippen LogP contribution is 2.31. The van der Waals surface area contributed by atoms with Crippen LogP contribution in [0.2, 0.25) is 0 Å². The van der Waals surface area contributed by atoms with Crippen LogP contribution in [0.15, 0.2) is 11.1 Å². The minimum Gasteiger partial charge on any atom is -0.387 e. The highest BCUT2D eigenvalue weighted by molar-refractivity contribution is 7.89. The summed E-state index contributed by atoms with van der Waals surface area (Å²) in [5.74, 6) is 0.0142. The molecule has 0 aromatic carbocycles. The largest absolute Gasteiger partial charge is 0.387 e. The number of nitrogen functional groups attached to an aromatic ring is 1. The Morgan fingerprint density at radius 3 is 2.63 bits per heavy atom. The third-order valence-electron chi connectivity index (χ3n) is 3.42. The van der Waals surface area contributed by atoms with E-state index in [-0.39, 0.29) is 23.8 Å². The maximum absolute atomic E-state index is 12.3. The van der Waals surface area contributed by atoms with E-state index in [9.17, 15) is 13.5 Å². The number of β-amino-alcohol motifs (C(OH)–C–C–N with tert-alkyl or cyclic N) is 1. The third-order valence-corrected chi connectivity index (χ3v) is 5.23. The van der Waals surface area contributed by atoms with Gasteiger partial charge in [-0.3, -0.25) is 4.68 Å². The van der Waals surface area contributed by atoms with Gasteiger partial charge in [-0.1, -0.05) is 13.8 Å². The molecule has 1 aliphatic heterocycles. The van der Waals surface area contributed by atoms with Gasteiger partial charge in [-0.2, -0.15) is 9.40 Å². The molecule has 0 amide bonds. The van der Waals surface area contributed by atoms with Crippen LogP contribution < -0.4 is 5.73 Å². The predicted molar refractivity (Wildman–Crippen MR) is 70.9 cm³/mol. The zero-order valence-corrected chi connectivity index (χ0v) is 12.0. The summed E-state index contributed by atoms with van der Waals surface area (Å²) in [6.45, 7) is 4.66. The first-order chi connectivity index (χ1) is 8.82. The van der Waals surface area contributed by atoms with Crippen molar-refractivity contribution in [2.45, 2.75) is 43.7 Å². The molecule has 0 unspecified atom stereocenters. The Bertz CT molecular complexity index is 560. The van der Waals surface area contributed by atoms with Crippen LogP contribution in [0.1, 0.15) is 26.7 Å². The molecule has 1 aromatic rings. The van der Waals surface area contributed by atoms with E-state index in [1.807, 2.05) is 13.8 Å². The number of aliphatic hydroxyl groups is 1. The number of hydrogen-bond acceptors (Lipinski definition) is 5. The lowest BCUT2D eigenvalue weighted by atomic mass is 9.94. The van der Waals surface area contributed by atoms with Crippen LogP contribution >= 0.6 is 0 Å². The molecular weight excluding hydrogens is 268 g/mol. The number of hydrogen-bond donors (Lipinski definition) is 2. The van der Waals surface area contributed by atoms with Crippen molar-refractivity contribution in [3.8, 4) is 0 Å². The summed E-state index contributed by atoms with van der Waals surface area (Å²) in [6.07, 6.45) is 2.83. The minimum absolute atomic E-state index is 0.0142. The summed E-state index contributed by atoms with van der Waals surface area (Å²) in [4.78, 5) is 0.0269. The van der Waals surface area contributed by atoms with Gasteiger partial charge in [0.15, 0.2) is 5.82 Å². The number of nitrogens with zero attached hydrogens (tertiary/aromatic N) is 3. The quantitative estimate of drug-likeness (QED) is 0.795. The molecule has 108 valence electrons. The van der Waals surface area contributed by atoms with E-state index in [1.54, 1.807) is 0 Å². The zero-order valence-electron chi connectivity index (χ0n) is 11.2. The first-order valence-electron chi connectivity index (χ1n) is 6.38. The minimum atomic E-state index is -3.65. The fourth-order valence-corrected chi connectivity index (χ4v) is 3.76. The zero-order chi connectivity index (χ0) is 14.3. The molecule has 8 heteroatoms. The van der Waals surface area contributed by atoms with Gasteiger partial charge in [-0.05, 0) is 12.8 Å². The molecule has 3 N–H and O–H groups in total. The maximum atomic E-state index is 12.3. The molecule has 1 saturated heterocycles. The molecule has 19 heavy (non-hydrogen) atoms. The van der Waals surface area contributed by atoms with Crippen LogP contribution in [0.5, 0.6) is 0 Å². The van der Waals surface area contributed by atoms with E-state index in [0.717, 1.165) is 6.42 Å². The van der Waals surface area contributed by atoms with Gasteiger partial charge in [-0.25, -0.2) is 8.42 Å². The van der Waals surface area contributed by atoms with Crippen LogP contribution in [0.4, 0.5) is 5.82 Å². The van der Waals surface area contributed by atoms with Crippen LogP contribution in [-0.2, 0) is 16.6 Å². The molecule has 0 bridgehead atoms. The van der Waals surface area contributed by atoms with Gasteiger partial charge in [-0.15, -0.1) is 0 Å². The molecule has 1 aliphatic rings. The summed E-state index contributed by atoms with van der Waals surface area (Å²) < 4.78 is 27.4. The van der Waals surface area contributed by atoms with Crippen molar-refractivity contribution in [2.75, 3.05) is 18.8 Å². The second-order valence-electron chi connectivity index (χ2n) is 4.99. The summed E-state index contributed by atoms with van der Waals surface area (Å²) in [5, 5.41) is 13.9. The molecule has 2 heterocycles. The average Bonchev–Trinajstić information content (AvgIpc) is 2.67. The van der Waals surface area contributed by atoms with Crippen molar-refractivity contribution in [1.82, 2.24) is 14.1 Å². The van der Waals surface area contributed by atoms with Crippen molar-refractivity contribution in [3.63, 3.8) is 0 Å². The van der Waals surface area contributed by atoms with Crippen molar-refractivity contribution < 1.29 is 13.5 Å². The van der Waals surface area contributed by atoms with Gasteiger partial charge in [0.2, 0.25) is 10.0 Å². The Morgan fingerprint density at radius 1 is 1.47 bits per heavy atom. The Kier molecular flexibility index (Phi) is 3.59. The van der Waals surface area contributed by atoms with Gasteiger partial charge in [0, 0.05) is 25.8 Å². The van der Waals surface area contributed by atoms with E-state index in [1.165, 1.54) is 15.2 Å². The second-order valence-corrected chi connectivity index (χ2v) is 6.90. The summed E-state index contributed by atoms with van der Waals surface area (Å²) >= 11 is 0. The number of aromatic nitrogens is 2. The van der Waals surface area contributed by atoms with Gasteiger partial charge < -0.3 is 10.8 Å². The van der Waals surface area contributed by atoms with Crippen molar-refractivity contribution in [2.24, 2.45) is 0 Å². The molecule has 0 spiro atoms. The fraction of sp³-hybridized carbons (Fsp3) is 0.727. The van der Waals surface area contributed by atoms with E-state index in [4.69, 9.17) is 5.73 Å². The fourth-order valence-electron chi connectivity index (χ4n) is 2.10. The molecule has 1 aromatic heterocycles. The molecule has 1 fully saturated rings. The highest BCUT2D eigenvalue weighted by Gasteiger charge is 2.46. The van der Waals surface area contributed by atoms with E-state index >= 15 is 0 Å². The lowest BCUT2D eigenvalue weighted by molar-refractivity contribution is -0.0613. The number of nitrogens with two attached hydrogens (primary N) is 1. The number of sulfonamides is 1. The van der Waals surface area contributed by atoms with Crippen molar-refractivity contribution >= 4 is 15.8 Å². The second kappa shape index (κ2) is 4.77. The summed E-state index contributed by atoms with van der Waals surface area (Å²) in [5.41, 5.74) is 4.77. The molecule has 2 rings (SSSR count). The Hall–Kier alpha value is -1.12. The lowest BCUT2D eigenvalue weighted by Gasteiger charge is -2.44. The Balaban J connectivity index is 2.21. The maximum Gasteiger partial charge on any atom is 0.248 e. The molecular formula is C11H20N4O3S. The Labute approximate surface area is 113 Å². The van der Waals surface area contributed by atoms with E-state index in [2.05, 4.69) is 5.10 Å². The normalized spacial score (nSPS) is 19.3. The van der Waals surface area contributed by atoms with Crippen LogP contribution in [0, 0.1) is 0 Å². The topological polar surface area (TPSA) is 101 Å². The summed E-state index contributed by atoms with van der Waals surface area (Å²) in [6, 6.07) is 0. The Morgan fingerprint density at radius 2 is 2.11 bits per heavy atom. The highest BCUT2D eigenvalue weighted by atomic mass is 32.2. The SMILES string of the molecule is CCCn1cc(S(=O)(=O)N2CC(O)(CC)C2)c(N)n1. The van der Waals surface area contributed by atoms with Crippen LogP contribution in [0.25, 0.3) is 0 Å². The van der Waals surface area contributed by atoms with Gasteiger partial charge in [0.05, 0.1) is 5.60 Å². The van der Waals surface area contributed by atoms with Gasteiger partial charge >= 0.3 is 0 Å². The lowest BCUT2D eigenvalue weighted by Crippen LogP contribution is -2.62. The first-order valence-corrected chi connectivity index (χ1v) is 7.82. The standard InChI is InChI=1S/C11H20N4O3S/c1-3-5-14-6-9(10(12)13-14)19(17,18)15-7-11(16,4-2)8-15/h6,16H,3-5,7-8H2,1-2H3,(H2,12,13). The molecule has 0 radical (unpaired) electrons. The van der Waals surface area contributed by atoms with Crippen LogP contribution in [0.3, 0.4) is 0 Å². The van der Waals surface area contributed by atoms with E-state index in [0.29, 0.717) is 13.0 Å². The van der Waals surface area contributed by atoms with Crippen molar-refractivity contribution in [1.29, 1.82) is 0 Å².